The Labute approximate surface area is 110 Å². The van der Waals surface area contributed by atoms with Gasteiger partial charge in [0.1, 0.15) is 6.61 Å². The molecular weight excluding hydrogens is 254 g/mol. The van der Waals surface area contributed by atoms with Crippen LogP contribution >= 0.6 is 0 Å². The molecule has 0 radical (unpaired) electrons. The fourth-order valence-corrected chi connectivity index (χ4v) is 2.01. The molecule has 1 heterocycles. The van der Waals surface area contributed by atoms with Crippen molar-refractivity contribution in [2.24, 2.45) is 11.1 Å². The first-order valence-corrected chi connectivity index (χ1v) is 6.03. The number of carboxylic acids is 1. The fraction of sp³-hybridized carbons (Fsp3) is 0.727. The molecule has 4 N–H and O–H groups in total. The maximum absolute atomic E-state index is 11.8. The van der Waals surface area contributed by atoms with Crippen LogP contribution in [0.1, 0.15) is 19.8 Å². The predicted octanol–water partition coefficient (Wildman–Crippen LogP) is -0.0220. The summed E-state index contributed by atoms with van der Waals surface area (Å²) in [5.74, 6) is -0.901. The van der Waals surface area contributed by atoms with Crippen molar-refractivity contribution >= 4 is 18.1 Å². The summed E-state index contributed by atoms with van der Waals surface area (Å²) in [7, 11) is 0. The van der Waals surface area contributed by atoms with Crippen LogP contribution in [0.15, 0.2) is 0 Å². The highest BCUT2D eigenvalue weighted by molar-refractivity contribution is 5.78. The van der Waals surface area contributed by atoms with Gasteiger partial charge in [0.15, 0.2) is 0 Å². The lowest BCUT2D eigenvalue weighted by Crippen LogP contribution is -2.51. The van der Waals surface area contributed by atoms with Gasteiger partial charge in [-0.25, -0.2) is 9.59 Å². The molecule has 1 unspecified atom stereocenters. The van der Waals surface area contributed by atoms with Crippen LogP contribution in [-0.2, 0) is 9.53 Å². The third kappa shape index (κ3) is 4.31. The highest BCUT2D eigenvalue weighted by Crippen LogP contribution is 2.29. The summed E-state index contributed by atoms with van der Waals surface area (Å²) in [6.45, 7) is 2.45. The highest BCUT2D eigenvalue weighted by Gasteiger charge is 2.39. The second-order valence-corrected chi connectivity index (χ2v) is 4.79. The quantitative estimate of drug-likeness (QED) is 0.621. The normalized spacial score (nSPS) is 22.7. The lowest BCUT2D eigenvalue weighted by molar-refractivity contribution is -0.150. The Hall–Kier alpha value is -1.99. The van der Waals surface area contributed by atoms with Crippen LogP contribution < -0.4 is 11.1 Å². The van der Waals surface area contributed by atoms with Crippen molar-refractivity contribution in [1.82, 2.24) is 10.2 Å². The number of piperidine rings is 1. The molecule has 108 valence electrons. The molecule has 1 fully saturated rings. The van der Waals surface area contributed by atoms with Crippen LogP contribution in [0.2, 0.25) is 0 Å². The number of hydrogen-bond donors (Lipinski definition) is 3. The molecule has 1 aliphatic rings. The number of primary amides is 1. The number of rotatable bonds is 4. The minimum absolute atomic E-state index is 0.00882. The van der Waals surface area contributed by atoms with E-state index in [2.05, 4.69) is 10.1 Å². The number of urea groups is 1. The van der Waals surface area contributed by atoms with Crippen LogP contribution in [-0.4, -0.2) is 54.3 Å². The van der Waals surface area contributed by atoms with Crippen molar-refractivity contribution < 1.29 is 24.2 Å². The molecule has 0 aromatic rings. The molecule has 0 spiro atoms. The Morgan fingerprint density at radius 3 is 2.74 bits per heavy atom. The van der Waals surface area contributed by atoms with Crippen LogP contribution in [0, 0.1) is 5.41 Å². The number of likely N-dealkylation sites (tertiary alicyclic amines) is 1. The van der Waals surface area contributed by atoms with Gasteiger partial charge in [0.05, 0.1) is 12.0 Å². The summed E-state index contributed by atoms with van der Waals surface area (Å²) < 4.78 is 4.47. The van der Waals surface area contributed by atoms with Gasteiger partial charge in [-0.1, -0.05) is 0 Å². The van der Waals surface area contributed by atoms with Crippen LogP contribution in [0.25, 0.3) is 0 Å². The minimum Gasteiger partial charge on any atom is -0.481 e. The van der Waals surface area contributed by atoms with E-state index in [4.69, 9.17) is 10.8 Å². The highest BCUT2D eigenvalue weighted by atomic mass is 16.5. The van der Waals surface area contributed by atoms with Gasteiger partial charge in [0, 0.05) is 13.1 Å². The summed E-state index contributed by atoms with van der Waals surface area (Å²) >= 11 is 0. The first-order chi connectivity index (χ1) is 8.85. The van der Waals surface area contributed by atoms with Crippen LogP contribution in [0.4, 0.5) is 9.59 Å². The molecule has 1 atom stereocenters. The summed E-state index contributed by atoms with van der Waals surface area (Å²) in [6.07, 6.45) is 0.302. The zero-order valence-electron chi connectivity index (χ0n) is 10.8. The van der Waals surface area contributed by atoms with Gasteiger partial charge >= 0.3 is 18.1 Å². The van der Waals surface area contributed by atoms with E-state index in [1.807, 2.05) is 0 Å². The molecule has 0 aromatic carbocycles. The maximum atomic E-state index is 11.8. The van der Waals surface area contributed by atoms with Gasteiger partial charge in [0.25, 0.3) is 0 Å². The molecule has 0 aliphatic carbocycles. The molecule has 1 aliphatic heterocycles. The van der Waals surface area contributed by atoms with E-state index in [0.717, 1.165) is 0 Å². The van der Waals surface area contributed by atoms with Gasteiger partial charge in [0.2, 0.25) is 0 Å². The van der Waals surface area contributed by atoms with Crippen molar-refractivity contribution in [1.29, 1.82) is 0 Å². The third-order valence-electron chi connectivity index (χ3n) is 3.12. The van der Waals surface area contributed by atoms with E-state index in [9.17, 15) is 14.4 Å². The number of carboxylic acid groups (broad SMARTS) is 1. The molecule has 3 amide bonds. The van der Waals surface area contributed by atoms with Gasteiger partial charge < -0.3 is 25.8 Å². The smallest absolute Gasteiger partial charge is 0.404 e. The topological polar surface area (TPSA) is 122 Å². The van der Waals surface area contributed by atoms with Gasteiger partial charge in [-0.2, -0.15) is 0 Å². The number of nitrogens with one attached hydrogen (secondary N) is 1. The Kier molecular flexibility index (Phi) is 4.96. The van der Waals surface area contributed by atoms with Gasteiger partial charge in [-0.3, -0.25) is 4.79 Å². The monoisotopic (exact) mass is 273 g/mol. The predicted molar refractivity (Wildman–Crippen MR) is 65.5 cm³/mol. The van der Waals surface area contributed by atoms with E-state index in [-0.39, 0.29) is 25.7 Å². The molecule has 0 bridgehead atoms. The van der Waals surface area contributed by atoms with E-state index < -0.39 is 17.5 Å². The second kappa shape index (κ2) is 6.26. The van der Waals surface area contributed by atoms with Crippen molar-refractivity contribution in [3.8, 4) is 0 Å². The number of carbonyl (C=O) groups is 3. The molecule has 1 rings (SSSR count). The average molecular weight is 273 g/mol. The Balaban J connectivity index is 2.40. The van der Waals surface area contributed by atoms with E-state index >= 15 is 0 Å². The van der Waals surface area contributed by atoms with Crippen molar-refractivity contribution in [3.63, 3.8) is 0 Å². The zero-order valence-corrected chi connectivity index (χ0v) is 10.8. The number of hydrogen-bond acceptors (Lipinski definition) is 4. The lowest BCUT2D eigenvalue weighted by atomic mass is 9.82. The third-order valence-corrected chi connectivity index (χ3v) is 3.12. The lowest BCUT2D eigenvalue weighted by Gasteiger charge is -2.37. The SMILES string of the molecule is CC1(C(=O)O)CCCN(C(=O)NCCOC(N)=O)C1. The summed E-state index contributed by atoms with van der Waals surface area (Å²) in [4.78, 5) is 34.7. The van der Waals surface area contributed by atoms with Crippen LogP contribution in [0.5, 0.6) is 0 Å². The molecule has 0 saturated carbocycles. The second-order valence-electron chi connectivity index (χ2n) is 4.79. The molecule has 8 heteroatoms. The van der Waals surface area contributed by atoms with Gasteiger partial charge in [-0.15, -0.1) is 0 Å². The number of amides is 3. The number of nitrogens with zero attached hydrogens (tertiary/aromatic N) is 1. The molecule has 8 nitrogen and oxygen atoms in total. The fourth-order valence-electron chi connectivity index (χ4n) is 2.01. The Bertz CT molecular complexity index is 373. The van der Waals surface area contributed by atoms with E-state index in [1.54, 1.807) is 6.92 Å². The molecule has 0 aromatic heterocycles. The average Bonchev–Trinajstić information content (AvgIpc) is 2.34. The summed E-state index contributed by atoms with van der Waals surface area (Å²) in [6, 6.07) is -0.361. The van der Waals surface area contributed by atoms with Crippen LogP contribution in [0.3, 0.4) is 0 Å². The minimum atomic E-state index is -0.903. The molecule has 19 heavy (non-hydrogen) atoms. The van der Waals surface area contributed by atoms with E-state index in [0.29, 0.717) is 19.4 Å². The largest absolute Gasteiger partial charge is 0.481 e. The first-order valence-electron chi connectivity index (χ1n) is 6.03. The summed E-state index contributed by atoms with van der Waals surface area (Å²) in [5, 5.41) is 11.7. The zero-order chi connectivity index (χ0) is 14.5. The van der Waals surface area contributed by atoms with Crippen molar-refractivity contribution in [3.05, 3.63) is 0 Å². The number of ether oxygens (including phenoxy) is 1. The van der Waals surface area contributed by atoms with Gasteiger partial charge in [-0.05, 0) is 19.8 Å². The first kappa shape index (κ1) is 15.1. The molecular formula is C11H19N3O5. The number of nitrogens with two attached hydrogens (primary N) is 1. The number of carbonyl (C=O) groups excluding carboxylic acids is 2. The maximum Gasteiger partial charge on any atom is 0.404 e. The Morgan fingerprint density at radius 2 is 2.16 bits per heavy atom. The molecule has 1 saturated heterocycles. The van der Waals surface area contributed by atoms with Crippen molar-refractivity contribution in [2.75, 3.05) is 26.2 Å². The Morgan fingerprint density at radius 1 is 1.47 bits per heavy atom. The number of aliphatic carboxylic acids is 1. The standard InChI is InChI=1S/C11H19N3O5/c1-11(8(15)16)3-2-5-14(7-11)10(18)13-4-6-19-9(12)17/h2-7H2,1H3,(H2,12,17)(H,13,18)(H,15,16). The van der Waals surface area contributed by atoms with Crippen molar-refractivity contribution in [2.45, 2.75) is 19.8 Å². The van der Waals surface area contributed by atoms with E-state index in [1.165, 1.54) is 4.90 Å². The summed E-state index contributed by atoms with van der Waals surface area (Å²) in [5.41, 5.74) is 3.87.